The second kappa shape index (κ2) is 12.8. The van der Waals surface area contributed by atoms with Gasteiger partial charge in [0.15, 0.2) is 0 Å². The minimum Gasteiger partial charge on any atom is -0.512 e. The van der Waals surface area contributed by atoms with Crippen LogP contribution in [0.1, 0.15) is 0 Å². The van der Waals surface area contributed by atoms with Gasteiger partial charge in [-0.3, -0.25) is 4.57 Å². The van der Waals surface area contributed by atoms with Crippen molar-refractivity contribution in [1.29, 1.82) is 0 Å². The van der Waals surface area contributed by atoms with Crippen LogP contribution in [-0.4, -0.2) is 18.9 Å². The summed E-state index contributed by atoms with van der Waals surface area (Å²) in [5.74, 6) is 2.37. The molecule has 6 heterocycles. The topological polar surface area (TPSA) is 77.1 Å². The molecule has 0 radical (unpaired) electrons. The summed E-state index contributed by atoms with van der Waals surface area (Å²) in [7, 11) is 0. The average molecular weight is 943 g/mol. The van der Waals surface area contributed by atoms with Crippen LogP contribution in [0.2, 0.25) is 0 Å². The van der Waals surface area contributed by atoms with E-state index in [0.717, 1.165) is 89.1 Å². The summed E-state index contributed by atoms with van der Waals surface area (Å²) < 4.78 is 24.0. The summed E-state index contributed by atoms with van der Waals surface area (Å²) in [6.07, 6.45) is 1.78. The Morgan fingerprint density at radius 2 is 1.36 bits per heavy atom. The SMILES string of the molecule is [Pt].[c-]1c(N2[CH-]N(c3ccccc3)c3ccccc32)cc2c(oc3cc4oc5ccccc5c4cc32)c1Oc1[c-]c2c(cc1)n1c3ccccc3nc1n2-c1ccccn1. The third-order valence-corrected chi connectivity index (χ3v) is 11.1. The molecule has 59 heavy (non-hydrogen) atoms. The van der Waals surface area contributed by atoms with Gasteiger partial charge >= 0.3 is 0 Å². The maximum absolute atomic E-state index is 6.88. The fourth-order valence-electron chi connectivity index (χ4n) is 8.47. The molecule has 0 aliphatic carbocycles. The second-order valence-corrected chi connectivity index (χ2v) is 14.4. The predicted octanol–water partition coefficient (Wildman–Crippen LogP) is 12.4. The number of aromatic nitrogens is 4. The van der Waals surface area contributed by atoms with Crippen LogP contribution in [-0.2, 0) is 21.1 Å². The van der Waals surface area contributed by atoms with Crippen LogP contribution in [0.4, 0.5) is 22.7 Å². The van der Waals surface area contributed by atoms with Crippen LogP contribution in [0.5, 0.6) is 11.5 Å². The van der Waals surface area contributed by atoms with E-state index in [-0.39, 0.29) is 21.1 Å². The summed E-state index contributed by atoms with van der Waals surface area (Å²) in [6, 6.07) is 58.2. The van der Waals surface area contributed by atoms with Gasteiger partial charge in [0.25, 0.3) is 0 Å². The first kappa shape index (κ1) is 33.8. The minimum absolute atomic E-state index is 0. The fourth-order valence-corrected chi connectivity index (χ4v) is 8.47. The van der Waals surface area contributed by atoms with Crippen molar-refractivity contribution >= 4 is 94.5 Å². The zero-order chi connectivity index (χ0) is 37.9. The summed E-state index contributed by atoms with van der Waals surface area (Å²) >= 11 is 0. The monoisotopic (exact) mass is 942 g/mol. The molecule has 0 fully saturated rings. The Hall–Kier alpha value is -7.35. The van der Waals surface area contributed by atoms with Crippen molar-refractivity contribution in [2.45, 2.75) is 0 Å². The Morgan fingerprint density at radius 1 is 0.593 bits per heavy atom. The number of hydrogen-bond donors (Lipinski definition) is 0. The van der Waals surface area contributed by atoms with Crippen LogP contribution in [0.15, 0.2) is 167 Å². The summed E-state index contributed by atoms with van der Waals surface area (Å²) in [5, 5.41) is 3.89. The summed E-state index contributed by atoms with van der Waals surface area (Å²) in [5.41, 5.74) is 10.3. The van der Waals surface area contributed by atoms with Crippen LogP contribution in [0.25, 0.3) is 77.5 Å². The molecule has 10 heteroatoms. The fraction of sp³-hybridized carbons (Fsp3) is 0. The number of fused-ring (bicyclic) bond motifs is 12. The van der Waals surface area contributed by atoms with E-state index in [9.17, 15) is 0 Å². The van der Waals surface area contributed by atoms with Crippen LogP contribution in [0, 0.1) is 18.8 Å². The van der Waals surface area contributed by atoms with Gasteiger partial charge in [-0.2, -0.15) is 0 Å². The number of furan rings is 2. The van der Waals surface area contributed by atoms with Gasteiger partial charge in [-0.25, -0.2) is 9.97 Å². The standard InChI is InChI=1S/C49H27N6O3.Pt/c1-2-12-30(13-3-1)52-29-53(40-18-8-7-17-39(40)52)31-24-36-35-27-34-33-14-4-9-19-43(33)57-44(34)28-45(35)58-48(36)46(25-31)56-32-21-22-41-42(26-32)55(47-20-10-11-23-50-47)49-51-37-15-5-6-16-38(37)54(41)49;/h1-24,27-29H;/q-3;. The van der Waals surface area contributed by atoms with Gasteiger partial charge in [0.1, 0.15) is 22.6 Å². The Bertz CT molecular complexity index is 3610. The van der Waals surface area contributed by atoms with Crippen molar-refractivity contribution in [2.75, 3.05) is 9.80 Å². The molecular weight excluding hydrogens is 916 g/mol. The quantitative estimate of drug-likeness (QED) is 0.159. The molecule has 0 saturated carbocycles. The van der Waals surface area contributed by atoms with E-state index in [1.165, 1.54) is 0 Å². The number of para-hydroxylation sites is 6. The van der Waals surface area contributed by atoms with E-state index in [1.54, 1.807) is 6.20 Å². The van der Waals surface area contributed by atoms with E-state index >= 15 is 0 Å². The van der Waals surface area contributed by atoms with Crippen molar-refractivity contribution in [3.8, 4) is 17.3 Å². The van der Waals surface area contributed by atoms with Crippen molar-refractivity contribution in [3.05, 3.63) is 177 Å². The number of rotatable bonds is 5. The molecule has 7 aromatic carbocycles. The normalized spacial score (nSPS) is 12.8. The minimum atomic E-state index is 0. The number of anilines is 4. The predicted molar refractivity (Wildman–Crippen MR) is 228 cm³/mol. The van der Waals surface area contributed by atoms with Gasteiger partial charge in [-0.15, -0.1) is 37.0 Å². The van der Waals surface area contributed by atoms with E-state index in [2.05, 4.69) is 93.7 Å². The van der Waals surface area contributed by atoms with E-state index < -0.39 is 0 Å². The molecule has 1 aliphatic heterocycles. The smallest absolute Gasteiger partial charge is 0.208 e. The molecule has 0 unspecified atom stereocenters. The first-order valence-electron chi connectivity index (χ1n) is 19.0. The summed E-state index contributed by atoms with van der Waals surface area (Å²) in [6.45, 7) is 2.10. The van der Waals surface area contributed by atoms with Gasteiger partial charge in [-0.1, -0.05) is 77.8 Å². The largest absolute Gasteiger partial charge is 0.512 e. The molecule has 1 aliphatic rings. The molecule has 0 saturated heterocycles. The molecule has 9 nitrogen and oxygen atoms in total. The van der Waals surface area contributed by atoms with Crippen LogP contribution < -0.4 is 14.5 Å². The maximum Gasteiger partial charge on any atom is 0.208 e. The first-order chi connectivity index (χ1) is 28.7. The van der Waals surface area contributed by atoms with E-state index in [1.807, 2.05) is 95.6 Å². The third-order valence-electron chi connectivity index (χ3n) is 11.1. The van der Waals surface area contributed by atoms with Gasteiger partial charge < -0.3 is 27.8 Å². The molecular formula is C49H27N6O3Pt-3. The maximum atomic E-state index is 6.88. The number of pyridine rings is 1. The molecule has 13 rings (SSSR count). The van der Waals surface area contributed by atoms with Gasteiger partial charge in [0.2, 0.25) is 5.78 Å². The number of ether oxygens (including phenoxy) is 1. The third kappa shape index (κ3) is 5.01. The van der Waals surface area contributed by atoms with Crippen molar-refractivity contribution < 1.29 is 34.6 Å². The molecule has 0 N–H and O–H groups in total. The zero-order valence-corrected chi connectivity index (χ0v) is 33.1. The van der Waals surface area contributed by atoms with E-state index in [4.69, 9.17) is 23.5 Å². The number of imidazole rings is 2. The molecule has 0 bridgehead atoms. The number of hydrogen-bond acceptors (Lipinski definition) is 7. The Labute approximate surface area is 350 Å². The second-order valence-electron chi connectivity index (χ2n) is 14.4. The molecule has 5 aromatic heterocycles. The van der Waals surface area contributed by atoms with Crippen molar-refractivity contribution in [2.24, 2.45) is 0 Å². The van der Waals surface area contributed by atoms with Gasteiger partial charge in [0, 0.05) is 72.3 Å². The zero-order valence-electron chi connectivity index (χ0n) is 30.8. The Balaban J connectivity index is 0.00000377. The number of nitrogens with zero attached hydrogens (tertiary/aromatic N) is 6. The van der Waals surface area contributed by atoms with Gasteiger partial charge in [-0.05, 0) is 71.7 Å². The average Bonchev–Trinajstić information content (AvgIpc) is 4.08. The Kier molecular flexibility index (Phi) is 7.34. The summed E-state index contributed by atoms with van der Waals surface area (Å²) in [4.78, 5) is 14.1. The van der Waals surface area contributed by atoms with Crippen LogP contribution in [0.3, 0.4) is 0 Å². The molecule has 0 amide bonds. The molecule has 0 atom stereocenters. The van der Waals surface area contributed by atoms with Crippen molar-refractivity contribution in [1.82, 2.24) is 18.9 Å². The Morgan fingerprint density at radius 3 is 2.24 bits per heavy atom. The molecule has 12 aromatic rings. The number of benzene rings is 7. The first-order valence-corrected chi connectivity index (χ1v) is 19.0. The van der Waals surface area contributed by atoms with E-state index in [0.29, 0.717) is 22.7 Å². The van der Waals surface area contributed by atoms with Crippen LogP contribution >= 0.6 is 0 Å². The molecule has 284 valence electrons. The van der Waals surface area contributed by atoms with Crippen molar-refractivity contribution in [3.63, 3.8) is 0 Å². The molecule has 0 spiro atoms. The van der Waals surface area contributed by atoms with Gasteiger partial charge in [0.05, 0.1) is 22.4 Å².